The predicted octanol–water partition coefficient (Wildman–Crippen LogP) is 0.320. The molecule has 1 aliphatic rings. The molecule has 0 radical (unpaired) electrons. The molecule has 16 heavy (non-hydrogen) atoms. The number of fused-ring (bicyclic) bond motifs is 1. The van der Waals surface area contributed by atoms with Crippen molar-refractivity contribution in [2.75, 3.05) is 23.7 Å². The lowest BCUT2D eigenvalue weighted by Gasteiger charge is -2.26. The lowest BCUT2D eigenvalue weighted by Crippen LogP contribution is -2.31. The summed E-state index contributed by atoms with van der Waals surface area (Å²) in [6.07, 6.45) is 3.64. The minimum atomic E-state index is 0.388. The van der Waals surface area contributed by atoms with Crippen LogP contribution in [0.4, 0.5) is 11.8 Å². The summed E-state index contributed by atoms with van der Waals surface area (Å²) >= 11 is 0. The van der Waals surface area contributed by atoms with Gasteiger partial charge in [-0.05, 0) is 19.3 Å². The van der Waals surface area contributed by atoms with E-state index in [2.05, 4.69) is 30.3 Å². The van der Waals surface area contributed by atoms with Crippen LogP contribution in [0.3, 0.4) is 0 Å². The van der Waals surface area contributed by atoms with Crippen molar-refractivity contribution in [2.24, 2.45) is 0 Å². The molecule has 7 nitrogen and oxygen atoms in total. The molecule has 7 heteroatoms. The van der Waals surface area contributed by atoms with Gasteiger partial charge in [-0.25, -0.2) is 0 Å². The summed E-state index contributed by atoms with van der Waals surface area (Å²) in [5.74, 6) is 1.05. The van der Waals surface area contributed by atoms with E-state index in [1.807, 2.05) is 0 Å². The maximum atomic E-state index is 5.81. The molecule has 84 valence electrons. The van der Waals surface area contributed by atoms with Gasteiger partial charge in [0.25, 0.3) is 0 Å². The van der Waals surface area contributed by atoms with Crippen molar-refractivity contribution in [3.63, 3.8) is 0 Å². The van der Waals surface area contributed by atoms with E-state index < -0.39 is 0 Å². The van der Waals surface area contributed by atoms with Crippen molar-refractivity contribution in [1.29, 1.82) is 0 Å². The molecule has 2 aromatic heterocycles. The van der Waals surface area contributed by atoms with Crippen molar-refractivity contribution in [1.82, 2.24) is 25.4 Å². The molecule has 0 saturated carbocycles. The fourth-order valence-electron chi connectivity index (χ4n) is 1.99. The van der Waals surface area contributed by atoms with E-state index in [0.717, 1.165) is 13.1 Å². The molecule has 0 aromatic carbocycles. The number of aromatic nitrogens is 5. The summed E-state index contributed by atoms with van der Waals surface area (Å²) < 4.78 is 0. The van der Waals surface area contributed by atoms with Crippen LogP contribution < -0.4 is 10.6 Å². The number of nitrogens with one attached hydrogen (secondary N) is 1. The number of anilines is 2. The normalized spacial score (nSPS) is 16.9. The van der Waals surface area contributed by atoms with Crippen LogP contribution in [0.2, 0.25) is 0 Å². The van der Waals surface area contributed by atoms with Gasteiger partial charge in [0.2, 0.25) is 11.6 Å². The molecule has 3 rings (SSSR count). The van der Waals surface area contributed by atoms with Crippen LogP contribution in [0.1, 0.15) is 19.3 Å². The highest BCUT2D eigenvalue weighted by Crippen LogP contribution is 2.20. The van der Waals surface area contributed by atoms with Crippen molar-refractivity contribution in [3.8, 4) is 0 Å². The van der Waals surface area contributed by atoms with Gasteiger partial charge in [0.1, 0.15) is 0 Å². The van der Waals surface area contributed by atoms with Gasteiger partial charge in [0, 0.05) is 13.1 Å². The maximum Gasteiger partial charge on any atom is 0.229 e. The highest BCUT2D eigenvalue weighted by atomic mass is 15.4. The van der Waals surface area contributed by atoms with Crippen LogP contribution >= 0.6 is 0 Å². The number of aromatic amines is 1. The van der Waals surface area contributed by atoms with E-state index in [4.69, 9.17) is 5.73 Å². The highest BCUT2D eigenvalue weighted by Gasteiger charge is 2.16. The predicted molar refractivity (Wildman–Crippen MR) is 60.0 cm³/mol. The summed E-state index contributed by atoms with van der Waals surface area (Å²) in [6, 6.07) is 0. The Morgan fingerprint density at radius 3 is 2.69 bits per heavy atom. The molecule has 3 heterocycles. The topological polar surface area (TPSA) is 96.6 Å². The second-order valence-corrected chi connectivity index (χ2v) is 3.95. The number of piperidine rings is 1. The Hall–Kier alpha value is -1.92. The first-order valence-electron chi connectivity index (χ1n) is 5.43. The first kappa shape index (κ1) is 9.32. The lowest BCUT2D eigenvalue weighted by atomic mass is 10.1. The minimum absolute atomic E-state index is 0.388. The quantitative estimate of drug-likeness (QED) is 0.717. The average Bonchev–Trinajstić information content (AvgIpc) is 2.79. The summed E-state index contributed by atoms with van der Waals surface area (Å²) in [7, 11) is 0. The van der Waals surface area contributed by atoms with Gasteiger partial charge in [-0.3, -0.25) is 0 Å². The Balaban J connectivity index is 2.02. The third-order valence-corrected chi connectivity index (χ3v) is 2.84. The number of nitrogens with two attached hydrogens (primary N) is 1. The summed E-state index contributed by atoms with van der Waals surface area (Å²) in [6.45, 7) is 1.98. The molecule has 0 bridgehead atoms. The fraction of sp³-hybridized carbons (Fsp3) is 0.556. The molecular weight excluding hydrogens is 206 g/mol. The molecule has 0 amide bonds. The van der Waals surface area contributed by atoms with E-state index in [0.29, 0.717) is 22.9 Å². The fourth-order valence-corrected chi connectivity index (χ4v) is 1.99. The zero-order chi connectivity index (χ0) is 11.0. The molecular formula is C9H13N7. The van der Waals surface area contributed by atoms with E-state index in [-0.39, 0.29) is 0 Å². The molecule has 0 spiro atoms. The third-order valence-electron chi connectivity index (χ3n) is 2.84. The summed E-state index contributed by atoms with van der Waals surface area (Å²) in [5.41, 5.74) is 6.89. The Bertz CT molecular complexity index is 500. The van der Waals surface area contributed by atoms with Crippen LogP contribution in [0.5, 0.6) is 0 Å². The monoisotopic (exact) mass is 219 g/mol. The Kier molecular flexibility index (Phi) is 2.09. The van der Waals surface area contributed by atoms with Gasteiger partial charge >= 0.3 is 0 Å². The maximum absolute atomic E-state index is 5.81. The van der Waals surface area contributed by atoms with Gasteiger partial charge in [0.05, 0.1) is 0 Å². The van der Waals surface area contributed by atoms with Gasteiger partial charge in [-0.15, -0.1) is 5.10 Å². The number of nitrogens with zero attached hydrogens (tertiary/aromatic N) is 5. The standard InChI is InChI=1S/C9H13N7/c10-7-6-8(14-15-13-6)12-9(11-7)16-4-2-1-3-5-16/h1-5H2,(H3,10,11,12,13,14,15). The van der Waals surface area contributed by atoms with Crippen LogP contribution in [0.15, 0.2) is 0 Å². The Morgan fingerprint density at radius 1 is 1.06 bits per heavy atom. The van der Waals surface area contributed by atoms with Gasteiger partial charge in [-0.2, -0.15) is 20.3 Å². The van der Waals surface area contributed by atoms with E-state index >= 15 is 0 Å². The molecule has 0 unspecified atom stereocenters. The van der Waals surface area contributed by atoms with Gasteiger partial charge in [0.15, 0.2) is 11.3 Å². The van der Waals surface area contributed by atoms with Crippen molar-refractivity contribution < 1.29 is 0 Å². The zero-order valence-corrected chi connectivity index (χ0v) is 8.85. The first-order valence-corrected chi connectivity index (χ1v) is 5.43. The van der Waals surface area contributed by atoms with Crippen LogP contribution in [-0.4, -0.2) is 38.5 Å². The molecule has 1 fully saturated rings. The summed E-state index contributed by atoms with van der Waals surface area (Å²) in [5, 5.41) is 10.3. The molecule has 3 N–H and O–H groups in total. The molecule has 1 aliphatic heterocycles. The van der Waals surface area contributed by atoms with Crippen LogP contribution in [0, 0.1) is 0 Å². The van der Waals surface area contributed by atoms with E-state index in [1.54, 1.807) is 0 Å². The van der Waals surface area contributed by atoms with Crippen molar-refractivity contribution in [3.05, 3.63) is 0 Å². The number of hydrogen-bond donors (Lipinski definition) is 2. The number of hydrogen-bond acceptors (Lipinski definition) is 6. The number of nitrogen functional groups attached to an aromatic ring is 1. The second-order valence-electron chi connectivity index (χ2n) is 3.95. The van der Waals surface area contributed by atoms with Gasteiger partial charge in [-0.1, -0.05) is 0 Å². The lowest BCUT2D eigenvalue weighted by molar-refractivity contribution is 0.569. The number of rotatable bonds is 1. The Morgan fingerprint density at radius 2 is 1.88 bits per heavy atom. The molecule has 2 aromatic rings. The van der Waals surface area contributed by atoms with E-state index in [9.17, 15) is 0 Å². The van der Waals surface area contributed by atoms with Crippen molar-refractivity contribution >= 4 is 22.9 Å². The smallest absolute Gasteiger partial charge is 0.229 e. The number of H-pyrrole nitrogens is 1. The van der Waals surface area contributed by atoms with Crippen LogP contribution in [0.25, 0.3) is 11.2 Å². The first-order chi connectivity index (χ1) is 7.84. The molecule has 0 aliphatic carbocycles. The highest BCUT2D eigenvalue weighted by molar-refractivity contribution is 5.81. The largest absolute Gasteiger partial charge is 0.382 e. The SMILES string of the molecule is Nc1nc(N2CCCCC2)nc2n[nH]nc12. The third kappa shape index (κ3) is 1.44. The minimum Gasteiger partial charge on any atom is -0.382 e. The molecule has 1 saturated heterocycles. The zero-order valence-electron chi connectivity index (χ0n) is 8.85. The van der Waals surface area contributed by atoms with Gasteiger partial charge < -0.3 is 10.6 Å². The van der Waals surface area contributed by atoms with Crippen molar-refractivity contribution in [2.45, 2.75) is 19.3 Å². The Labute approximate surface area is 92.1 Å². The summed E-state index contributed by atoms with van der Waals surface area (Å²) in [4.78, 5) is 10.8. The van der Waals surface area contributed by atoms with Crippen LogP contribution in [-0.2, 0) is 0 Å². The average molecular weight is 219 g/mol. The van der Waals surface area contributed by atoms with E-state index in [1.165, 1.54) is 19.3 Å². The molecule has 0 atom stereocenters. The second kappa shape index (κ2) is 3.58.